The Labute approximate surface area is 164 Å². The van der Waals surface area contributed by atoms with Crippen molar-refractivity contribution in [1.82, 2.24) is 5.32 Å². The third kappa shape index (κ3) is 8.85. The van der Waals surface area contributed by atoms with Gasteiger partial charge in [0.1, 0.15) is 5.82 Å². The monoisotopic (exact) mass is 414 g/mol. The van der Waals surface area contributed by atoms with Crippen LogP contribution in [-0.2, 0) is 9.84 Å². The highest BCUT2D eigenvalue weighted by Gasteiger charge is 2.06. The smallest absolute Gasteiger partial charge is 0.175 e. The van der Waals surface area contributed by atoms with E-state index in [9.17, 15) is 12.8 Å². The standard InChI is InChI=1S/C18H19FN2O2S.C2H6.F2/c1-3-20-13-21-18(15-6-8-16(19)9-7-15)12-14-4-10-17(11-5-14)24(2,22)23;2*1-2/h4-13H,3H2,1-2H3,(H,20,21);1-2H3;/b18-12+;;. The molecule has 0 aliphatic carbocycles. The fourth-order valence-corrected chi connectivity index (χ4v) is 2.65. The number of nitrogens with zero attached hydrogens (tertiary/aromatic N) is 1. The molecule has 0 bridgehead atoms. The summed E-state index contributed by atoms with van der Waals surface area (Å²) in [6.07, 6.45) is 4.60. The van der Waals surface area contributed by atoms with Gasteiger partial charge in [-0.2, -0.15) is 0 Å². The SMILES string of the molecule is CC.CCN=CN/C(=C/c1ccc(S(C)(=O)=O)cc1)c1ccc(F)cc1.FF. The molecule has 2 rings (SSSR count). The fraction of sp³-hybridized carbons (Fsp3) is 0.250. The Balaban J connectivity index is 0.00000171. The van der Waals surface area contributed by atoms with Gasteiger partial charge in [-0.1, -0.05) is 26.0 Å². The first-order chi connectivity index (χ1) is 13.4. The summed E-state index contributed by atoms with van der Waals surface area (Å²) in [6, 6.07) is 12.7. The Morgan fingerprint density at radius 1 is 1.04 bits per heavy atom. The molecule has 0 aromatic heterocycles. The van der Waals surface area contributed by atoms with Gasteiger partial charge in [0.05, 0.1) is 11.2 Å². The molecule has 0 aliphatic rings. The van der Waals surface area contributed by atoms with E-state index in [1.807, 2.05) is 26.8 Å². The second-order valence-electron chi connectivity index (χ2n) is 5.18. The van der Waals surface area contributed by atoms with Gasteiger partial charge in [-0.05, 0) is 60.5 Å². The molecular weight excluding hydrogens is 389 g/mol. The molecule has 0 radical (unpaired) electrons. The number of sulfone groups is 1. The molecule has 0 unspecified atom stereocenters. The summed E-state index contributed by atoms with van der Waals surface area (Å²) in [7, 11) is -3.22. The van der Waals surface area contributed by atoms with Crippen LogP contribution in [0.2, 0.25) is 0 Å². The van der Waals surface area contributed by atoms with Crippen LogP contribution in [0.25, 0.3) is 11.8 Å². The van der Waals surface area contributed by atoms with Crippen molar-refractivity contribution in [1.29, 1.82) is 0 Å². The van der Waals surface area contributed by atoms with Crippen LogP contribution in [0.5, 0.6) is 0 Å². The second kappa shape index (κ2) is 13.5. The minimum absolute atomic E-state index is 0.267. The van der Waals surface area contributed by atoms with Gasteiger partial charge in [0.15, 0.2) is 9.84 Å². The third-order valence-corrected chi connectivity index (χ3v) is 4.40. The molecule has 0 amide bonds. The van der Waals surface area contributed by atoms with Crippen molar-refractivity contribution < 1.29 is 22.0 Å². The molecule has 0 saturated carbocycles. The van der Waals surface area contributed by atoms with Crippen LogP contribution < -0.4 is 5.32 Å². The maximum atomic E-state index is 13.1. The van der Waals surface area contributed by atoms with Gasteiger partial charge in [-0.25, -0.2) is 12.8 Å². The van der Waals surface area contributed by atoms with Crippen LogP contribution in [0.3, 0.4) is 0 Å². The van der Waals surface area contributed by atoms with E-state index in [0.717, 1.165) is 16.8 Å². The zero-order valence-electron chi connectivity index (χ0n) is 16.3. The summed E-state index contributed by atoms with van der Waals surface area (Å²) >= 11 is 0. The number of rotatable bonds is 6. The van der Waals surface area contributed by atoms with E-state index >= 15 is 0 Å². The quantitative estimate of drug-likeness (QED) is 0.400. The van der Waals surface area contributed by atoms with Crippen LogP contribution >= 0.6 is 0 Å². The van der Waals surface area contributed by atoms with E-state index in [2.05, 4.69) is 10.3 Å². The van der Waals surface area contributed by atoms with E-state index < -0.39 is 9.84 Å². The first-order valence-electron chi connectivity index (χ1n) is 8.57. The van der Waals surface area contributed by atoms with Gasteiger partial charge in [-0.15, -0.1) is 0 Å². The molecule has 28 heavy (non-hydrogen) atoms. The Bertz CT molecular complexity index is 848. The zero-order valence-corrected chi connectivity index (χ0v) is 17.1. The van der Waals surface area contributed by atoms with Crippen molar-refractivity contribution >= 4 is 27.9 Å². The van der Waals surface area contributed by atoms with Gasteiger partial charge in [0, 0.05) is 27.6 Å². The average Bonchev–Trinajstić information content (AvgIpc) is 2.71. The van der Waals surface area contributed by atoms with Gasteiger partial charge in [-0.3, -0.25) is 4.99 Å². The molecule has 0 saturated heterocycles. The van der Waals surface area contributed by atoms with Crippen molar-refractivity contribution in [2.75, 3.05) is 12.8 Å². The largest absolute Gasteiger partial charge is 0.346 e. The topological polar surface area (TPSA) is 58.5 Å². The molecule has 1 N–H and O–H groups in total. The molecule has 0 heterocycles. The van der Waals surface area contributed by atoms with Crippen LogP contribution in [0, 0.1) is 5.82 Å². The summed E-state index contributed by atoms with van der Waals surface area (Å²) < 4.78 is 52.1. The van der Waals surface area contributed by atoms with E-state index in [1.165, 1.54) is 18.4 Å². The second-order valence-corrected chi connectivity index (χ2v) is 7.19. The van der Waals surface area contributed by atoms with Crippen LogP contribution in [0.15, 0.2) is 58.4 Å². The lowest BCUT2D eigenvalue weighted by atomic mass is 10.1. The zero-order chi connectivity index (χ0) is 21.6. The molecule has 0 aliphatic heterocycles. The third-order valence-electron chi connectivity index (χ3n) is 3.27. The molecule has 2 aromatic carbocycles. The van der Waals surface area contributed by atoms with Crippen molar-refractivity contribution in [3.63, 3.8) is 0 Å². The maximum absolute atomic E-state index is 13.1. The molecule has 4 nitrogen and oxygen atoms in total. The van der Waals surface area contributed by atoms with Crippen molar-refractivity contribution in [3.8, 4) is 0 Å². The lowest BCUT2D eigenvalue weighted by Gasteiger charge is -2.08. The first kappa shape index (κ1) is 25.4. The number of halogens is 3. The fourth-order valence-electron chi connectivity index (χ4n) is 2.02. The Kier molecular flexibility index (Phi) is 12.3. The molecule has 0 spiro atoms. The molecule has 2 aromatic rings. The van der Waals surface area contributed by atoms with E-state index in [4.69, 9.17) is 9.15 Å². The molecule has 154 valence electrons. The lowest BCUT2D eigenvalue weighted by Crippen LogP contribution is -2.09. The normalized spacial score (nSPS) is 11.2. The van der Waals surface area contributed by atoms with Crippen molar-refractivity contribution in [2.45, 2.75) is 25.7 Å². The van der Waals surface area contributed by atoms with Gasteiger partial charge in [0.2, 0.25) is 0 Å². The minimum atomic E-state index is -3.22. The van der Waals surface area contributed by atoms with Crippen LogP contribution in [-0.4, -0.2) is 27.6 Å². The number of hydrogen-bond donors (Lipinski definition) is 1. The van der Waals surface area contributed by atoms with Crippen molar-refractivity contribution in [2.24, 2.45) is 4.99 Å². The molecular formula is C20H25F3N2O2S. The highest BCUT2D eigenvalue weighted by atomic mass is 32.2. The van der Waals surface area contributed by atoms with Crippen LogP contribution in [0.4, 0.5) is 13.5 Å². The predicted molar refractivity (Wildman–Crippen MR) is 110 cm³/mol. The number of aliphatic imine (C=N–C) groups is 1. The van der Waals surface area contributed by atoms with Gasteiger partial charge < -0.3 is 5.32 Å². The number of hydrogen-bond acceptors (Lipinski definition) is 3. The number of benzene rings is 2. The Morgan fingerprint density at radius 2 is 1.57 bits per heavy atom. The Morgan fingerprint density at radius 3 is 2.04 bits per heavy atom. The van der Waals surface area contributed by atoms with Gasteiger partial charge >= 0.3 is 0 Å². The summed E-state index contributed by atoms with van der Waals surface area (Å²) in [4.78, 5) is 4.38. The highest BCUT2D eigenvalue weighted by molar-refractivity contribution is 7.90. The molecule has 0 atom stereocenters. The molecule has 8 heteroatoms. The maximum Gasteiger partial charge on any atom is 0.175 e. The van der Waals surface area contributed by atoms with Crippen LogP contribution in [0.1, 0.15) is 31.9 Å². The number of nitrogens with one attached hydrogen (secondary N) is 1. The summed E-state index contributed by atoms with van der Waals surface area (Å²) in [5.74, 6) is -0.308. The van der Waals surface area contributed by atoms with Gasteiger partial charge in [0.25, 0.3) is 0 Å². The minimum Gasteiger partial charge on any atom is -0.346 e. The van der Waals surface area contributed by atoms with E-state index in [1.54, 1.807) is 42.7 Å². The lowest BCUT2D eigenvalue weighted by molar-refractivity contribution is 0.108. The van der Waals surface area contributed by atoms with E-state index in [-0.39, 0.29) is 10.7 Å². The predicted octanol–water partition coefficient (Wildman–Crippen LogP) is 5.23. The van der Waals surface area contributed by atoms with E-state index in [0.29, 0.717) is 6.54 Å². The highest BCUT2D eigenvalue weighted by Crippen LogP contribution is 2.18. The first-order valence-corrected chi connectivity index (χ1v) is 10.5. The average molecular weight is 414 g/mol. The Hall–Kier alpha value is -2.61. The summed E-state index contributed by atoms with van der Waals surface area (Å²) in [5, 5.41) is 3.08. The summed E-state index contributed by atoms with van der Waals surface area (Å²) in [6.45, 7) is 6.57. The molecule has 0 fully saturated rings. The summed E-state index contributed by atoms with van der Waals surface area (Å²) in [5.41, 5.74) is 2.35. The van der Waals surface area contributed by atoms with Crippen molar-refractivity contribution in [3.05, 3.63) is 65.5 Å².